The van der Waals surface area contributed by atoms with E-state index in [2.05, 4.69) is 4.90 Å². The number of rotatable bonds is 7. The quantitative estimate of drug-likeness (QED) is 0.619. The first-order chi connectivity index (χ1) is 10.6. The van der Waals surface area contributed by atoms with E-state index in [0.29, 0.717) is 12.6 Å². The van der Waals surface area contributed by atoms with E-state index in [4.69, 9.17) is 4.74 Å². The standard InChI is InChI=1S/C16H24N2O4/c1-17(13-7-3-2-4-8-13)11-14(19)12-22-16-10-6-5-9-15(16)18(20)21/h5-6,9-10,13-14,19H,2-4,7-8,11-12H2,1H3/t14-/m1/s1. The monoisotopic (exact) mass is 308 g/mol. The Balaban J connectivity index is 1.82. The normalized spacial score (nSPS) is 17.4. The minimum absolute atomic E-state index is 0.0575. The number of nitrogens with zero attached hydrogens (tertiary/aromatic N) is 2. The molecule has 0 amide bonds. The van der Waals surface area contributed by atoms with Gasteiger partial charge in [0.2, 0.25) is 0 Å². The SMILES string of the molecule is CN(C[C@@H](O)COc1ccccc1[N+](=O)[O-])C1CCCCC1. The molecule has 1 aliphatic rings. The summed E-state index contributed by atoms with van der Waals surface area (Å²) in [5, 5.41) is 21.0. The first-order valence-electron chi connectivity index (χ1n) is 7.82. The Kier molecular flexibility index (Phi) is 6.15. The number of aliphatic hydroxyl groups excluding tert-OH is 1. The lowest BCUT2D eigenvalue weighted by atomic mass is 9.94. The summed E-state index contributed by atoms with van der Waals surface area (Å²) in [5.41, 5.74) is -0.0738. The first kappa shape index (κ1) is 16.7. The van der Waals surface area contributed by atoms with Crippen molar-refractivity contribution >= 4 is 5.69 Å². The van der Waals surface area contributed by atoms with Crippen LogP contribution in [0.15, 0.2) is 24.3 Å². The molecule has 122 valence electrons. The maximum atomic E-state index is 10.9. The molecule has 0 aromatic heterocycles. The second-order valence-corrected chi connectivity index (χ2v) is 5.92. The van der Waals surface area contributed by atoms with Crippen molar-refractivity contribution in [1.29, 1.82) is 0 Å². The molecule has 0 heterocycles. The van der Waals surface area contributed by atoms with Crippen LogP contribution in [0.5, 0.6) is 5.75 Å². The molecule has 1 aromatic carbocycles. The number of benzene rings is 1. The van der Waals surface area contributed by atoms with Crippen LogP contribution in [0.1, 0.15) is 32.1 Å². The summed E-state index contributed by atoms with van der Waals surface area (Å²) in [6.07, 6.45) is 5.48. The van der Waals surface area contributed by atoms with Gasteiger partial charge < -0.3 is 14.7 Å². The van der Waals surface area contributed by atoms with Crippen LogP contribution < -0.4 is 4.74 Å². The van der Waals surface area contributed by atoms with Crippen LogP contribution >= 0.6 is 0 Å². The molecule has 1 saturated carbocycles. The Morgan fingerprint density at radius 1 is 1.36 bits per heavy atom. The van der Waals surface area contributed by atoms with Gasteiger partial charge in [0.25, 0.3) is 0 Å². The Bertz CT molecular complexity index is 489. The average Bonchev–Trinajstić information content (AvgIpc) is 2.54. The molecule has 1 atom stereocenters. The van der Waals surface area contributed by atoms with Gasteiger partial charge in [0.15, 0.2) is 5.75 Å². The molecule has 1 aromatic rings. The topological polar surface area (TPSA) is 75.8 Å². The van der Waals surface area contributed by atoms with Crippen LogP contribution in [-0.2, 0) is 0 Å². The maximum absolute atomic E-state index is 10.9. The molecule has 6 nitrogen and oxygen atoms in total. The molecule has 0 saturated heterocycles. The van der Waals surface area contributed by atoms with Gasteiger partial charge in [-0.25, -0.2) is 0 Å². The van der Waals surface area contributed by atoms with Crippen LogP contribution in [0.2, 0.25) is 0 Å². The molecule has 0 unspecified atom stereocenters. The highest BCUT2D eigenvalue weighted by atomic mass is 16.6. The van der Waals surface area contributed by atoms with Crippen molar-refractivity contribution in [2.24, 2.45) is 0 Å². The number of hydrogen-bond acceptors (Lipinski definition) is 5. The Morgan fingerprint density at radius 3 is 2.73 bits per heavy atom. The van der Waals surface area contributed by atoms with Crippen molar-refractivity contribution in [2.45, 2.75) is 44.2 Å². The molecule has 0 radical (unpaired) electrons. The molecule has 6 heteroatoms. The van der Waals surface area contributed by atoms with E-state index in [1.165, 1.54) is 38.2 Å². The summed E-state index contributed by atoms with van der Waals surface area (Å²) >= 11 is 0. The van der Waals surface area contributed by atoms with Crippen LogP contribution in [-0.4, -0.2) is 47.3 Å². The van der Waals surface area contributed by atoms with Crippen molar-refractivity contribution in [2.75, 3.05) is 20.2 Å². The number of likely N-dealkylation sites (N-methyl/N-ethyl adjacent to an activating group) is 1. The second-order valence-electron chi connectivity index (χ2n) is 5.92. The van der Waals surface area contributed by atoms with Crippen molar-refractivity contribution < 1.29 is 14.8 Å². The molecule has 1 N–H and O–H groups in total. The van der Waals surface area contributed by atoms with Crippen molar-refractivity contribution in [3.05, 3.63) is 34.4 Å². The lowest BCUT2D eigenvalue weighted by molar-refractivity contribution is -0.385. The zero-order valence-corrected chi connectivity index (χ0v) is 13.0. The fourth-order valence-corrected chi connectivity index (χ4v) is 2.97. The van der Waals surface area contributed by atoms with Crippen molar-refractivity contribution in [1.82, 2.24) is 4.90 Å². The fraction of sp³-hybridized carbons (Fsp3) is 0.625. The molecule has 2 rings (SSSR count). The maximum Gasteiger partial charge on any atom is 0.310 e. The lowest BCUT2D eigenvalue weighted by Crippen LogP contribution is -2.40. The number of hydrogen-bond donors (Lipinski definition) is 1. The van der Waals surface area contributed by atoms with E-state index in [9.17, 15) is 15.2 Å². The molecule has 1 aliphatic carbocycles. The highest BCUT2D eigenvalue weighted by Gasteiger charge is 2.21. The van der Waals surface area contributed by atoms with Gasteiger partial charge in [0.05, 0.1) is 4.92 Å². The minimum atomic E-state index is -0.660. The highest BCUT2D eigenvalue weighted by molar-refractivity contribution is 5.45. The van der Waals surface area contributed by atoms with Crippen molar-refractivity contribution in [3.63, 3.8) is 0 Å². The molecule has 0 spiro atoms. The Morgan fingerprint density at radius 2 is 2.05 bits per heavy atom. The van der Waals surface area contributed by atoms with Crippen LogP contribution in [0.25, 0.3) is 0 Å². The predicted molar refractivity (Wildman–Crippen MR) is 84.1 cm³/mol. The van der Waals surface area contributed by atoms with Gasteiger partial charge in [-0.1, -0.05) is 31.4 Å². The second kappa shape index (κ2) is 8.10. The number of para-hydroxylation sites is 2. The predicted octanol–water partition coefficient (Wildman–Crippen LogP) is 2.60. The largest absolute Gasteiger partial charge is 0.484 e. The lowest BCUT2D eigenvalue weighted by Gasteiger charge is -2.32. The smallest absolute Gasteiger partial charge is 0.310 e. The minimum Gasteiger partial charge on any atom is -0.484 e. The van der Waals surface area contributed by atoms with E-state index < -0.39 is 11.0 Å². The molecule has 1 fully saturated rings. The molecule has 0 bridgehead atoms. The number of nitro groups is 1. The van der Waals surface area contributed by atoms with Gasteiger partial charge in [-0.15, -0.1) is 0 Å². The van der Waals surface area contributed by atoms with Crippen LogP contribution in [0.3, 0.4) is 0 Å². The molecular formula is C16H24N2O4. The third kappa shape index (κ3) is 4.68. The van der Waals surface area contributed by atoms with Gasteiger partial charge in [-0.3, -0.25) is 10.1 Å². The molecule has 22 heavy (non-hydrogen) atoms. The van der Waals surface area contributed by atoms with E-state index in [1.807, 2.05) is 7.05 Å². The summed E-state index contributed by atoms with van der Waals surface area (Å²) in [5.74, 6) is 0.201. The number of nitro benzene ring substituents is 1. The molecular weight excluding hydrogens is 284 g/mol. The van der Waals surface area contributed by atoms with Gasteiger partial charge >= 0.3 is 5.69 Å². The Hall–Kier alpha value is -1.66. The van der Waals surface area contributed by atoms with Crippen molar-refractivity contribution in [3.8, 4) is 5.75 Å². The fourth-order valence-electron chi connectivity index (χ4n) is 2.97. The zero-order valence-electron chi connectivity index (χ0n) is 13.0. The molecule has 0 aliphatic heterocycles. The summed E-state index contributed by atoms with van der Waals surface area (Å²) in [6, 6.07) is 6.75. The summed E-state index contributed by atoms with van der Waals surface area (Å²) in [6.45, 7) is 0.577. The third-order valence-electron chi connectivity index (χ3n) is 4.19. The average molecular weight is 308 g/mol. The number of aliphatic hydroxyl groups is 1. The third-order valence-corrected chi connectivity index (χ3v) is 4.19. The highest BCUT2D eigenvalue weighted by Crippen LogP contribution is 2.26. The van der Waals surface area contributed by atoms with Gasteiger partial charge in [0.1, 0.15) is 12.7 Å². The van der Waals surface area contributed by atoms with Gasteiger partial charge in [-0.05, 0) is 26.0 Å². The summed E-state index contributed by atoms with van der Waals surface area (Å²) in [4.78, 5) is 12.6. The number of ether oxygens (including phenoxy) is 1. The van der Waals surface area contributed by atoms with Crippen LogP contribution in [0.4, 0.5) is 5.69 Å². The Labute approximate surface area is 130 Å². The van der Waals surface area contributed by atoms with Gasteiger partial charge in [0, 0.05) is 18.7 Å². The van der Waals surface area contributed by atoms with E-state index >= 15 is 0 Å². The summed E-state index contributed by atoms with van der Waals surface area (Å²) < 4.78 is 5.43. The van der Waals surface area contributed by atoms with Crippen LogP contribution in [0, 0.1) is 10.1 Å². The first-order valence-corrected chi connectivity index (χ1v) is 7.82. The van der Waals surface area contributed by atoms with E-state index in [1.54, 1.807) is 18.2 Å². The summed E-state index contributed by atoms with van der Waals surface area (Å²) in [7, 11) is 2.02. The zero-order chi connectivity index (χ0) is 15.9. The van der Waals surface area contributed by atoms with Gasteiger partial charge in [-0.2, -0.15) is 0 Å². The van der Waals surface area contributed by atoms with E-state index in [0.717, 1.165) is 0 Å². The van der Waals surface area contributed by atoms with E-state index in [-0.39, 0.29) is 18.0 Å².